The van der Waals surface area contributed by atoms with Gasteiger partial charge in [0.1, 0.15) is 0 Å². The van der Waals surface area contributed by atoms with Gasteiger partial charge in [-0.05, 0) is 48.9 Å². The fourth-order valence-corrected chi connectivity index (χ4v) is 3.94. The maximum Gasteiger partial charge on any atom is 0.0406 e. The van der Waals surface area contributed by atoms with Gasteiger partial charge in [-0.3, -0.25) is 0 Å². The smallest absolute Gasteiger partial charge is 0.0406 e. The summed E-state index contributed by atoms with van der Waals surface area (Å²) in [5.74, 6) is 0.691. The number of hydrogen-bond acceptors (Lipinski definition) is 1. The lowest BCUT2D eigenvalue weighted by molar-refractivity contribution is 0.170. The van der Waals surface area contributed by atoms with Crippen LogP contribution in [0.5, 0.6) is 0 Å². The molecule has 2 aliphatic rings. The van der Waals surface area contributed by atoms with E-state index in [0.29, 0.717) is 11.3 Å². The van der Waals surface area contributed by atoms with E-state index in [1.54, 1.807) is 0 Å². The molecule has 1 saturated carbocycles. The van der Waals surface area contributed by atoms with Crippen molar-refractivity contribution in [3.63, 3.8) is 0 Å². The van der Waals surface area contributed by atoms with E-state index >= 15 is 0 Å². The summed E-state index contributed by atoms with van der Waals surface area (Å²) >= 11 is 5.99. The highest BCUT2D eigenvalue weighted by atomic mass is 35.5. The van der Waals surface area contributed by atoms with Crippen LogP contribution in [-0.2, 0) is 0 Å². The number of halogens is 1. The first-order valence-corrected chi connectivity index (χ1v) is 7.14. The van der Waals surface area contributed by atoms with Crippen molar-refractivity contribution in [2.75, 3.05) is 13.1 Å². The minimum atomic E-state index is 0.582. The van der Waals surface area contributed by atoms with Gasteiger partial charge in [0.15, 0.2) is 0 Å². The van der Waals surface area contributed by atoms with E-state index in [1.165, 1.54) is 44.2 Å². The maximum absolute atomic E-state index is 5.99. The summed E-state index contributed by atoms with van der Waals surface area (Å²) in [5.41, 5.74) is 2.06. The number of rotatable bonds is 1. The zero-order valence-corrected chi connectivity index (χ0v) is 11.0. The molecule has 1 aromatic rings. The number of piperidine rings is 1. The fraction of sp³-hybridized carbons (Fsp3) is 0.600. The zero-order valence-electron chi connectivity index (χ0n) is 10.2. The molecule has 1 N–H and O–H groups in total. The molecule has 1 atom stereocenters. The van der Waals surface area contributed by atoms with Crippen molar-refractivity contribution in [3.05, 3.63) is 34.9 Å². The van der Waals surface area contributed by atoms with E-state index in [1.807, 2.05) is 12.1 Å². The van der Waals surface area contributed by atoms with Crippen LogP contribution in [0.15, 0.2) is 24.3 Å². The summed E-state index contributed by atoms with van der Waals surface area (Å²) in [5, 5.41) is 4.41. The molecule has 1 aliphatic carbocycles. The van der Waals surface area contributed by atoms with Crippen molar-refractivity contribution in [1.29, 1.82) is 0 Å². The first kappa shape index (κ1) is 11.6. The molecule has 0 aromatic heterocycles. The van der Waals surface area contributed by atoms with Crippen LogP contribution in [0.2, 0.25) is 5.02 Å². The van der Waals surface area contributed by atoms with Gasteiger partial charge in [0.05, 0.1) is 0 Å². The molecule has 0 bridgehead atoms. The van der Waals surface area contributed by atoms with Crippen molar-refractivity contribution in [1.82, 2.24) is 5.32 Å². The molecule has 17 heavy (non-hydrogen) atoms. The lowest BCUT2D eigenvalue weighted by Crippen LogP contribution is -2.42. The van der Waals surface area contributed by atoms with Gasteiger partial charge in [-0.15, -0.1) is 0 Å². The van der Waals surface area contributed by atoms with Gasteiger partial charge in [0, 0.05) is 17.5 Å². The van der Waals surface area contributed by atoms with Crippen molar-refractivity contribution in [2.45, 2.75) is 38.0 Å². The summed E-state index contributed by atoms with van der Waals surface area (Å²) in [6.45, 7) is 2.34. The molecule has 0 radical (unpaired) electrons. The molecule has 2 heteroatoms. The van der Waals surface area contributed by atoms with Crippen LogP contribution in [0.4, 0.5) is 0 Å². The van der Waals surface area contributed by atoms with Crippen molar-refractivity contribution in [2.24, 2.45) is 5.41 Å². The fourth-order valence-electron chi connectivity index (χ4n) is 3.82. The van der Waals surface area contributed by atoms with Gasteiger partial charge >= 0.3 is 0 Å². The van der Waals surface area contributed by atoms with Crippen LogP contribution in [0.1, 0.15) is 43.6 Å². The van der Waals surface area contributed by atoms with E-state index < -0.39 is 0 Å². The molecular weight excluding hydrogens is 230 g/mol. The van der Waals surface area contributed by atoms with Crippen LogP contribution in [0.25, 0.3) is 0 Å². The van der Waals surface area contributed by atoms with Crippen LogP contribution in [-0.4, -0.2) is 13.1 Å². The molecule has 3 rings (SSSR count). The van der Waals surface area contributed by atoms with E-state index in [-0.39, 0.29) is 0 Å². The van der Waals surface area contributed by atoms with Gasteiger partial charge < -0.3 is 5.32 Å². The third-order valence-electron chi connectivity index (χ3n) is 4.76. The largest absolute Gasteiger partial charge is 0.316 e. The Morgan fingerprint density at radius 1 is 1.06 bits per heavy atom. The molecule has 2 fully saturated rings. The molecule has 1 spiro atoms. The monoisotopic (exact) mass is 249 g/mol. The highest BCUT2D eigenvalue weighted by Crippen LogP contribution is 2.52. The quantitative estimate of drug-likeness (QED) is 0.794. The molecule has 92 valence electrons. The SMILES string of the molecule is Clc1ccc(C2CNCCC23CCCC3)cc1. The van der Waals surface area contributed by atoms with E-state index in [0.717, 1.165) is 11.6 Å². The average Bonchev–Trinajstić information content (AvgIpc) is 2.80. The highest BCUT2D eigenvalue weighted by Gasteiger charge is 2.43. The Bertz CT molecular complexity index is 378. The van der Waals surface area contributed by atoms with Crippen LogP contribution >= 0.6 is 11.6 Å². The second-order valence-corrected chi connectivity index (χ2v) is 6.06. The van der Waals surface area contributed by atoms with Crippen molar-refractivity contribution in [3.8, 4) is 0 Å². The number of nitrogens with one attached hydrogen (secondary N) is 1. The minimum Gasteiger partial charge on any atom is -0.316 e. The molecular formula is C15H20ClN. The van der Waals surface area contributed by atoms with Gasteiger partial charge in [-0.2, -0.15) is 0 Å². The van der Waals surface area contributed by atoms with E-state index in [2.05, 4.69) is 17.4 Å². The molecule has 1 aliphatic heterocycles. The standard InChI is InChI=1S/C15H20ClN/c16-13-5-3-12(4-6-13)14-11-17-10-9-15(14)7-1-2-8-15/h3-6,14,17H,1-2,7-11H2. The summed E-state index contributed by atoms with van der Waals surface area (Å²) in [7, 11) is 0. The first-order valence-electron chi connectivity index (χ1n) is 6.76. The lowest BCUT2D eigenvalue weighted by Gasteiger charge is -2.42. The topological polar surface area (TPSA) is 12.0 Å². The Morgan fingerprint density at radius 3 is 2.47 bits per heavy atom. The molecule has 1 heterocycles. The van der Waals surface area contributed by atoms with Crippen molar-refractivity contribution < 1.29 is 0 Å². The Balaban J connectivity index is 1.91. The Hall–Kier alpha value is -0.530. The minimum absolute atomic E-state index is 0.582. The molecule has 1 unspecified atom stereocenters. The van der Waals surface area contributed by atoms with E-state index in [9.17, 15) is 0 Å². The average molecular weight is 250 g/mol. The predicted octanol–water partition coefficient (Wildman–Crippen LogP) is 3.98. The van der Waals surface area contributed by atoms with Crippen LogP contribution in [0, 0.1) is 5.41 Å². The molecule has 1 nitrogen and oxygen atoms in total. The third-order valence-corrected chi connectivity index (χ3v) is 5.01. The summed E-state index contributed by atoms with van der Waals surface area (Å²) in [6.07, 6.45) is 7.03. The Morgan fingerprint density at radius 2 is 1.76 bits per heavy atom. The van der Waals surface area contributed by atoms with E-state index in [4.69, 9.17) is 11.6 Å². The summed E-state index contributed by atoms with van der Waals surface area (Å²) in [6, 6.07) is 8.52. The zero-order chi connectivity index (χ0) is 11.7. The van der Waals surface area contributed by atoms with Crippen molar-refractivity contribution >= 4 is 11.6 Å². The van der Waals surface area contributed by atoms with Gasteiger partial charge in [-0.1, -0.05) is 36.6 Å². The Labute approximate surface area is 109 Å². The normalized spacial score (nSPS) is 27.5. The number of hydrogen-bond donors (Lipinski definition) is 1. The summed E-state index contributed by atoms with van der Waals surface area (Å²) < 4.78 is 0. The summed E-state index contributed by atoms with van der Waals surface area (Å²) in [4.78, 5) is 0. The second kappa shape index (κ2) is 4.62. The van der Waals surface area contributed by atoms with Gasteiger partial charge in [-0.25, -0.2) is 0 Å². The van der Waals surface area contributed by atoms with Gasteiger partial charge in [0.2, 0.25) is 0 Å². The Kier molecular flexibility index (Phi) is 3.14. The first-order chi connectivity index (χ1) is 8.30. The highest BCUT2D eigenvalue weighted by molar-refractivity contribution is 6.30. The third kappa shape index (κ3) is 2.11. The molecule has 1 aromatic carbocycles. The molecule has 0 amide bonds. The number of benzene rings is 1. The second-order valence-electron chi connectivity index (χ2n) is 5.63. The molecule has 1 saturated heterocycles. The maximum atomic E-state index is 5.99. The van der Waals surface area contributed by atoms with Gasteiger partial charge in [0.25, 0.3) is 0 Å². The van der Waals surface area contributed by atoms with Crippen LogP contribution in [0.3, 0.4) is 0 Å². The predicted molar refractivity (Wildman–Crippen MR) is 72.6 cm³/mol. The van der Waals surface area contributed by atoms with Crippen LogP contribution < -0.4 is 5.32 Å². The lowest BCUT2D eigenvalue weighted by atomic mass is 9.67.